The number of carbonyl (C=O) groups excluding carboxylic acids is 2. The van der Waals surface area contributed by atoms with Crippen LogP contribution in [0.1, 0.15) is 23.2 Å². The minimum atomic E-state index is -0.290. The van der Waals surface area contributed by atoms with Crippen LogP contribution in [-0.2, 0) is 0 Å². The van der Waals surface area contributed by atoms with Crippen LogP contribution in [0.25, 0.3) is 0 Å². The van der Waals surface area contributed by atoms with E-state index >= 15 is 0 Å². The molecule has 0 unspecified atom stereocenters. The lowest BCUT2D eigenvalue weighted by atomic mass is 10.2. The average Bonchev–Trinajstić information content (AvgIpc) is 3.10. The number of hydrogen-bond donors (Lipinski definition) is 2. The molecule has 1 fully saturated rings. The number of anilines is 2. The molecule has 0 aliphatic carbocycles. The summed E-state index contributed by atoms with van der Waals surface area (Å²) < 4.78 is 0. The second-order valence-corrected chi connectivity index (χ2v) is 5.91. The first kappa shape index (κ1) is 16.3. The molecule has 24 heavy (non-hydrogen) atoms. The van der Waals surface area contributed by atoms with Gasteiger partial charge in [-0.15, -0.1) is 0 Å². The summed E-state index contributed by atoms with van der Waals surface area (Å²) >= 11 is 5.79. The van der Waals surface area contributed by atoms with Gasteiger partial charge in [-0.25, -0.2) is 9.78 Å². The third-order valence-corrected chi connectivity index (χ3v) is 3.96. The lowest BCUT2D eigenvalue weighted by Crippen LogP contribution is -2.32. The van der Waals surface area contributed by atoms with E-state index in [1.807, 2.05) is 0 Å². The van der Waals surface area contributed by atoms with Gasteiger partial charge in [-0.2, -0.15) is 0 Å². The van der Waals surface area contributed by atoms with E-state index in [-0.39, 0.29) is 17.1 Å². The molecule has 3 rings (SSSR count). The van der Waals surface area contributed by atoms with Crippen LogP contribution in [0, 0.1) is 0 Å². The third kappa shape index (κ3) is 4.02. The Labute approximate surface area is 144 Å². The molecule has 0 bridgehead atoms. The minimum absolute atomic E-state index is 0.114. The van der Waals surface area contributed by atoms with Gasteiger partial charge in [-0.3, -0.25) is 4.79 Å². The normalized spacial score (nSPS) is 13.6. The standard InChI is InChI=1S/C17H17ClN4O2/c18-15-10-12(6-7-19-15)16(23)20-13-4-3-5-14(11-13)21-17(24)22-8-1-2-9-22/h3-7,10-11H,1-2,8-9H2,(H,20,23)(H,21,24). The molecule has 2 N–H and O–H groups in total. The van der Waals surface area contributed by atoms with Crippen molar-refractivity contribution in [2.24, 2.45) is 0 Å². The molecular weight excluding hydrogens is 328 g/mol. The third-order valence-electron chi connectivity index (χ3n) is 3.75. The Morgan fingerprint density at radius 1 is 1.04 bits per heavy atom. The van der Waals surface area contributed by atoms with Gasteiger partial charge in [0.2, 0.25) is 0 Å². The molecule has 0 saturated carbocycles. The number of nitrogens with one attached hydrogen (secondary N) is 2. The highest BCUT2D eigenvalue weighted by Gasteiger charge is 2.17. The highest BCUT2D eigenvalue weighted by molar-refractivity contribution is 6.29. The lowest BCUT2D eigenvalue weighted by molar-refractivity contribution is 0.102. The molecule has 1 aromatic carbocycles. The van der Waals surface area contributed by atoms with E-state index in [4.69, 9.17) is 11.6 Å². The molecule has 6 nitrogen and oxygen atoms in total. The summed E-state index contributed by atoms with van der Waals surface area (Å²) in [6, 6.07) is 10.00. The highest BCUT2D eigenvalue weighted by Crippen LogP contribution is 2.18. The second kappa shape index (κ2) is 7.31. The quantitative estimate of drug-likeness (QED) is 0.835. The van der Waals surface area contributed by atoms with Crippen LogP contribution in [0.2, 0.25) is 5.15 Å². The molecule has 7 heteroatoms. The average molecular weight is 345 g/mol. The number of benzene rings is 1. The summed E-state index contributed by atoms with van der Waals surface area (Å²) in [5, 5.41) is 5.89. The van der Waals surface area contributed by atoms with Gasteiger partial charge in [-0.1, -0.05) is 17.7 Å². The number of nitrogens with zero attached hydrogens (tertiary/aromatic N) is 2. The Morgan fingerprint density at radius 2 is 1.75 bits per heavy atom. The molecule has 1 saturated heterocycles. The predicted molar refractivity (Wildman–Crippen MR) is 93.5 cm³/mol. The molecule has 1 aliphatic heterocycles. The first-order chi connectivity index (χ1) is 11.6. The van der Waals surface area contributed by atoms with E-state index in [0.29, 0.717) is 16.9 Å². The number of halogens is 1. The van der Waals surface area contributed by atoms with Crippen molar-refractivity contribution in [3.05, 3.63) is 53.3 Å². The molecule has 124 valence electrons. The zero-order chi connectivity index (χ0) is 16.9. The molecule has 0 atom stereocenters. The topological polar surface area (TPSA) is 74.3 Å². The van der Waals surface area contributed by atoms with Gasteiger partial charge in [0, 0.05) is 36.2 Å². The number of urea groups is 1. The molecular formula is C17H17ClN4O2. The number of carbonyl (C=O) groups is 2. The van der Waals surface area contributed by atoms with Crippen molar-refractivity contribution < 1.29 is 9.59 Å². The van der Waals surface area contributed by atoms with Crippen LogP contribution in [0.5, 0.6) is 0 Å². The SMILES string of the molecule is O=C(Nc1cccc(NC(=O)N2CCCC2)c1)c1ccnc(Cl)c1. The predicted octanol–water partition coefficient (Wildman–Crippen LogP) is 3.62. The van der Waals surface area contributed by atoms with E-state index in [1.165, 1.54) is 12.3 Å². The Balaban J connectivity index is 1.66. The molecule has 0 spiro atoms. The minimum Gasteiger partial charge on any atom is -0.325 e. The Hall–Kier alpha value is -2.60. The molecule has 0 radical (unpaired) electrons. The number of likely N-dealkylation sites (tertiary alicyclic amines) is 1. The maximum atomic E-state index is 12.2. The summed E-state index contributed by atoms with van der Waals surface area (Å²) in [6.07, 6.45) is 3.56. The number of rotatable bonds is 3. The van der Waals surface area contributed by atoms with E-state index in [1.54, 1.807) is 35.2 Å². The largest absolute Gasteiger partial charge is 0.325 e. The van der Waals surface area contributed by atoms with E-state index in [0.717, 1.165) is 25.9 Å². The van der Waals surface area contributed by atoms with Crippen molar-refractivity contribution >= 4 is 34.9 Å². The van der Waals surface area contributed by atoms with Crippen molar-refractivity contribution in [2.45, 2.75) is 12.8 Å². The second-order valence-electron chi connectivity index (χ2n) is 5.53. The monoisotopic (exact) mass is 344 g/mol. The van der Waals surface area contributed by atoms with E-state index in [9.17, 15) is 9.59 Å². The maximum absolute atomic E-state index is 12.2. The van der Waals surface area contributed by atoms with Gasteiger partial charge in [0.15, 0.2) is 0 Å². The Morgan fingerprint density at radius 3 is 2.46 bits per heavy atom. The summed E-state index contributed by atoms with van der Waals surface area (Å²) in [4.78, 5) is 30.0. The summed E-state index contributed by atoms with van der Waals surface area (Å²) in [7, 11) is 0. The van der Waals surface area contributed by atoms with Crippen LogP contribution >= 0.6 is 11.6 Å². The van der Waals surface area contributed by atoms with Gasteiger partial charge in [0.25, 0.3) is 5.91 Å². The van der Waals surface area contributed by atoms with Crippen molar-refractivity contribution in [1.82, 2.24) is 9.88 Å². The fourth-order valence-electron chi connectivity index (χ4n) is 2.54. The Kier molecular flexibility index (Phi) is 4.96. The fraction of sp³-hybridized carbons (Fsp3) is 0.235. The van der Waals surface area contributed by atoms with Crippen molar-refractivity contribution in [1.29, 1.82) is 0 Å². The summed E-state index contributed by atoms with van der Waals surface area (Å²) in [5.74, 6) is -0.290. The summed E-state index contributed by atoms with van der Waals surface area (Å²) in [5.41, 5.74) is 1.64. The van der Waals surface area contributed by atoms with E-state index < -0.39 is 0 Å². The van der Waals surface area contributed by atoms with Crippen LogP contribution in [-0.4, -0.2) is 34.9 Å². The van der Waals surface area contributed by atoms with Crippen LogP contribution in [0.4, 0.5) is 16.2 Å². The first-order valence-corrected chi connectivity index (χ1v) is 8.08. The molecule has 2 heterocycles. The van der Waals surface area contributed by atoms with Crippen molar-refractivity contribution in [3.8, 4) is 0 Å². The van der Waals surface area contributed by atoms with E-state index in [2.05, 4.69) is 15.6 Å². The number of hydrogen-bond acceptors (Lipinski definition) is 3. The van der Waals surface area contributed by atoms with Crippen LogP contribution in [0.3, 0.4) is 0 Å². The Bertz CT molecular complexity index is 760. The zero-order valence-electron chi connectivity index (χ0n) is 13.0. The van der Waals surface area contributed by atoms with Gasteiger partial charge in [0.1, 0.15) is 5.15 Å². The summed E-state index contributed by atoms with van der Waals surface area (Å²) in [6.45, 7) is 1.57. The highest BCUT2D eigenvalue weighted by atomic mass is 35.5. The van der Waals surface area contributed by atoms with Gasteiger partial charge >= 0.3 is 6.03 Å². The number of aromatic nitrogens is 1. The van der Waals surface area contributed by atoms with Gasteiger partial charge in [0.05, 0.1) is 0 Å². The maximum Gasteiger partial charge on any atom is 0.321 e. The molecule has 2 aromatic rings. The first-order valence-electron chi connectivity index (χ1n) is 7.71. The molecule has 1 aliphatic rings. The molecule has 3 amide bonds. The van der Waals surface area contributed by atoms with Crippen molar-refractivity contribution in [3.63, 3.8) is 0 Å². The lowest BCUT2D eigenvalue weighted by Gasteiger charge is -2.16. The fourth-order valence-corrected chi connectivity index (χ4v) is 2.72. The van der Waals surface area contributed by atoms with Gasteiger partial charge in [-0.05, 0) is 43.2 Å². The number of amides is 3. The van der Waals surface area contributed by atoms with Crippen molar-refractivity contribution in [2.75, 3.05) is 23.7 Å². The van der Waals surface area contributed by atoms with Crippen LogP contribution in [0.15, 0.2) is 42.6 Å². The number of pyridine rings is 1. The molecule has 1 aromatic heterocycles. The zero-order valence-corrected chi connectivity index (χ0v) is 13.7. The smallest absolute Gasteiger partial charge is 0.321 e. The van der Waals surface area contributed by atoms with Crippen LogP contribution < -0.4 is 10.6 Å². The van der Waals surface area contributed by atoms with Gasteiger partial charge < -0.3 is 15.5 Å².